The van der Waals surface area contributed by atoms with Crippen LogP contribution in [-0.2, 0) is 0 Å². The van der Waals surface area contributed by atoms with Crippen LogP contribution in [0, 0.1) is 11.2 Å². The molecule has 1 aliphatic rings. The molecule has 0 aromatic heterocycles. The van der Waals surface area contributed by atoms with Crippen LogP contribution in [-0.4, -0.2) is 49.9 Å². The Morgan fingerprint density at radius 3 is 2.62 bits per heavy atom. The van der Waals surface area contributed by atoms with Crippen molar-refractivity contribution >= 4 is 0 Å². The first kappa shape index (κ1) is 16.2. The fourth-order valence-corrected chi connectivity index (χ4v) is 3.00. The number of methoxy groups -OCH3 is 1. The fourth-order valence-electron chi connectivity index (χ4n) is 3.00. The summed E-state index contributed by atoms with van der Waals surface area (Å²) in [7, 11) is 1.58. The summed E-state index contributed by atoms with van der Waals surface area (Å²) in [6, 6.07) is 4.63. The van der Waals surface area contributed by atoms with E-state index in [1.165, 1.54) is 6.07 Å². The zero-order valence-electron chi connectivity index (χ0n) is 13.0. The van der Waals surface area contributed by atoms with Gasteiger partial charge in [0.2, 0.25) is 0 Å². The molecule has 0 bridgehead atoms. The molecule has 1 fully saturated rings. The third-order valence-corrected chi connectivity index (χ3v) is 4.16. The fraction of sp³-hybridized carbons (Fsp3) is 0.625. The standard InChI is InChI=1S/C16H25FN2O2/c1-16(2,11-20)15(19-8-6-18-7-9-19)13-10-12(21-3)4-5-14(13)17/h4-5,10,15,18,20H,6-9,11H2,1-3H3/t15-/m1/s1. The maximum Gasteiger partial charge on any atom is 0.128 e. The minimum Gasteiger partial charge on any atom is -0.497 e. The average molecular weight is 296 g/mol. The van der Waals surface area contributed by atoms with Crippen LogP contribution in [0.5, 0.6) is 5.75 Å². The van der Waals surface area contributed by atoms with E-state index >= 15 is 0 Å². The zero-order chi connectivity index (χ0) is 15.5. The van der Waals surface area contributed by atoms with Crippen molar-refractivity contribution in [2.45, 2.75) is 19.9 Å². The van der Waals surface area contributed by atoms with E-state index in [1.807, 2.05) is 13.8 Å². The van der Waals surface area contributed by atoms with Gasteiger partial charge in [0, 0.05) is 49.8 Å². The molecular weight excluding hydrogens is 271 g/mol. The molecule has 1 atom stereocenters. The zero-order valence-corrected chi connectivity index (χ0v) is 13.0. The Labute approximate surface area is 125 Å². The first-order valence-electron chi connectivity index (χ1n) is 7.38. The Bertz CT molecular complexity index is 473. The van der Waals surface area contributed by atoms with Crippen molar-refractivity contribution in [1.29, 1.82) is 0 Å². The molecule has 0 saturated carbocycles. The van der Waals surface area contributed by atoms with E-state index in [0.29, 0.717) is 11.3 Å². The molecule has 1 aliphatic heterocycles. The summed E-state index contributed by atoms with van der Waals surface area (Å²) >= 11 is 0. The molecule has 118 valence electrons. The van der Waals surface area contributed by atoms with Gasteiger partial charge in [-0.2, -0.15) is 0 Å². The van der Waals surface area contributed by atoms with Crippen LogP contribution in [0.4, 0.5) is 4.39 Å². The lowest BCUT2D eigenvalue weighted by atomic mass is 9.79. The summed E-state index contributed by atoms with van der Waals surface area (Å²) < 4.78 is 19.6. The highest BCUT2D eigenvalue weighted by Crippen LogP contribution is 2.40. The summed E-state index contributed by atoms with van der Waals surface area (Å²) in [5, 5.41) is 13.1. The van der Waals surface area contributed by atoms with Gasteiger partial charge in [-0.25, -0.2) is 4.39 Å². The summed E-state index contributed by atoms with van der Waals surface area (Å²) in [6.45, 7) is 7.37. The van der Waals surface area contributed by atoms with E-state index in [2.05, 4.69) is 10.2 Å². The van der Waals surface area contributed by atoms with E-state index in [1.54, 1.807) is 19.2 Å². The van der Waals surface area contributed by atoms with Gasteiger partial charge in [0.25, 0.3) is 0 Å². The highest BCUT2D eigenvalue weighted by molar-refractivity contribution is 5.33. The third-order valence-electron chi connectivity index (χ3n) is 4.16. The molecule has 4 nitrogen and oxygen atoms in total. The van der Waals surface area contributed by atoms with E-state index in [-0.39, 0.29) is 18.5 Å². The maximum absolute atomic E-state index is 14.4. The Balaban J connectivity index is 2.43. The number of halogens is 1. The predicted octanol–water partition coefficient (Wildman–Crippen LogP) is 1.80. The Hall–Kier alpha value is -1.17. The number of rotatable bonds is 5. The Morgan fingerprint density at radius 2 is 2.05 bits per heavy atom. The van der Waals surface area contributed by atoms with Crippen LogP contribution in [0.1, 0.15) is 25.5 Å². The monoisotopic (exact) mass is 296 g/mol. The Kier molecular flexibility index (Phi) is 5.19. The molecule has 2 N–H and O–H groups in total. The number of nitrogens with zero attached hydrogens (tertiary/aromatic N) is 1. The number of benzene rings is 1. The van der Waals surface area contributed by atoms with Crippen molar-refractivity contribution in [3.63, 3.8) is 0 Å². The van der Waals surface area contributed by atoms with E-state index in [9.17, 15) is 9.50 Å². The lowest BCUT2D eigenvalue weighted by molar-refractivity contribution is 0.0285. The minimum atomic E-state index is -0.440. The van der Waals surface area contributed by atoms with E-state index < -0.39 is 5.41 Å². The van der Waals surface area contributed by atoms with Gasteiger partial charge in [0.15, 0.2) is 0 Å². The van der Waals surface area contributed by atoms with Gasteiger partial charge < -0.3 is 15.2 Å². The number of aliphatic hydroxyl groups excluding tert-OH is 1. The summed E-state index contributed by atoms with van der Waals surface area (Å²) in [6.07, 6.45) is 0. The average Bonchev–Trinajstić information content (AvgIpc) is 2.50. The van der Waals surface area contributed by atoms with Crippen molar-refractivity contribution in [1.82, 2.24) is 10.2 Å². The van der Waals surface area contributed by atoms with E-state index in [4.69, 9.17) is 4.74 Å². The van der Waals surface area contributed by atoms with Gasteiger partial charge in [0.05, 0.1) is 7.11 Å². The minimum absolute atomic E-state index is 0.00174. The van der Waals surface area contributed by atoms with E-state index in [0.717, 1.165) is 26.2 Å². The van der Waals surface area contributed by atoms with Gasteiger partial charge >= 0.3 is 0 Å². The van der Waals surface area contributed by atoms with Gasteiger partial charge in [-0.3, -0.25) is 4.90 Å². The van der Waals surface area contributed by atoms with Gasteiger partial charge in [-0.15, -0.1) is 0 Å². The number of ether oxygens (including phenoxy) is 1. The van der Waals surface area contributed by atoms with Crippen molar-refractivity contribution in [3.8, 4) is 5.75 Å². The van der Waals surface area contributed by atoms with Crippen molar-refractivity contribution in [2.24, 2.45) is 5.41 Å². The number of aliphatic hydroxyl groups is 1. The van der Waals surface area contributed by atoms with Crippen LogP contribution in [0.2, 0.25) is 0 Å². The lowest BCUT2D eigenvalue weighted by Crippen LogP contribution is -2.49. The molecule has 0 unspecified atom stereocenters. The molecule has 1 aromatic rings. The number of nitrogens with one attached hydrogen (secondary N) is 1. The molecule has 0 spiro atoms. The lowest BCUT2D eigenvalue weighted by Gasteiger charge is -2.43. The second-order valence-electron chi connectivity index (χ2n) is 6.22. The highest BCUT2D eigenvalue weighted by atomic mass is 19.1. The van der Waals surface area contributed by atoms with Crippen LogP contribution >= 0.6 is 0 Å². The molecular formula is C16H25FN2O2. The summed E-state index contributed by atoms with van der Waals surface area (Å²) in [5.41, 5.74) is 0.153. The van der Waals surface area contributed by atoms with Gasteiger partial charge in [0.1, 0.15) is 11.6 Å². The second kappa shape index (κ2) is 6.73. The topological polar surface area (TPSA) is 44.7 Å². The SMILES string of the molecule is COc1ccc(F)c([C@@H](N2CCNCC2)C(C)(C)CO)c1. The quantitative estimate of drug-likeness (QED) is 0.870. The summed E-state index contributed by atoms with van der Waals surface area (Å²) in [5.74, 6) is 0.390. The van der Waals surface area contributed by atoms with Gasteiger partial charge in [-0.05, 0) is 18.2 Å². The maximum atomic E-state index is 14.4. The van der Waals surface area contributed by atoms with Crippen molar-refractivity contribution in [2.75, 3.05) is 39.9 Å². The smallest absolute Gasteiger partial charge is 0.128 e. The van der Waals surface area contributed by atoms with Gasteiger partial charge in [-0.1, -0.05) is 13.8 Å². The van der Waals surface area contributed by atoms with Crippen molar-refractivity contribution in [3.05, 3.63) is 29.6 Å². The third kappa shape index (κ3) is 3.54. The number of hydrogen-bond acceptors (Lipinski definition) is 4. The largest absolute Gasteiger partial charge is 0.497 e. The first-order valence-corrected chi connectivity index (χ1v) is 7.38. The molecule has 1 saturated heterocycles. The van der Waals surface area contributed by atoms with Crippen LogP contribution in [0.3, 0.4) is 0 Å². The first-order chi connectivity index (χ1) is 9.99. The van der Waals surface area contributed by atoms with Crippen molar-refractivity contribution < 1.29 is 14.2 Å². The second-order valence-corrected chi connectivity index (χ2v) is 6.22. The molecule has 0 radical (unpaired) electrons. The number of piperazine rings is 1. The summed E-state index contributed by atoms with van der Waals surface area (Å²) in [4.78, 5) is 2.24. The molecule has 0 aliphatic carbocycles. The highest BCUT2D eigenvalue weighted by Gasteiger charge is 2.37. The number of hydrogen-bond donors (Lipinski definition) is 2. The normalized spacial score (nSPS) is 18.5. The molecule has 21 heavy (non-hydrogen) atoms. The molecule has 1 heterocycles. The Morgan fingerprint density at radius 1 is 1.38 bits per heavy atom. The molecule has 0 amide bonds. The van der Waals surface area contributed by atoms with Crippen LogP contribution in [0.25, 0.3) is 0 Å². The molecule has 5 heteroatoms. The molecule has 1 aromatic carbocycles. The predicted molar refractivity (Wildman–Crippen MR) is 81.0 cm³/mol. The van der Waals surface area contributed by atoms with Crippen LogP contribution < -0.4 is 10.1 Å². The van der Waals surface area contributed by atoms with Crippen LogP contribution in [0.15, 0.2) is 18.2 Å². The molecule has 2 rings (SSSR count).